The number of hydrogen-bond acceptors (Lipinski definition) is 5. The molecule has 2 heterocycles. The van der Waals surface area contributed by atoms with E-state index in [-0.39, 0.29) is 17.6 Å². The molecule has 1 saturated heterocycles. The van der Waals surface area contributed by atoms with Crippen LogP contribution in [0.15, 0.2) is 28.8 Å². The predicted molar refractivity (Wildman–Crippen MR) is 79.4 cm³/mol. The molecule has 0 bridgehead atoms. The van der Waals surface area contributed by atoms with E-state index < -0.39 is 6.10 Å². The van der Waals surface area contributed by atoms with E-state index in [4.69, 9.17) is 9.26 Å². The molecule has 6 nitrogen and oxygen atoms in total. The molecule has 1 atom stereocenters. The van der Waals surface area contributed by atoms with Crippen molar-refractivity contribution in [3.05, 3.63) is 47.4 Å². The van der Waals surface area contributed by atoms with E-state index in [1.807, 2.05) is 13.8 Å². The lowest BCUT2D eigenvalue weighted by atomic mass is 10.1. The first-order valence-corrected chi connectivity index (χ1v) is 7.54. The first kappa shape index (κ1) is 15.6. The fraction of sp³-hybridized carbons (Fsp3) is 0.438. The van der Waals surface area contributed by atoms with Crippen molar-refractivity contribution >= 4 is 5.91 Å². The zero-order valence-corrected chi connectivity index (χ0v) is 13.0. The van der Waals surface area contributed by atoms with Crippen LogP contribution in [0.3, 0.4) is 0 Å². The summed E-state index contributed by atoms with van der Waals surface area (Å²) in [6.07, 6.45) is -0.413. The van der Waals surface area contributed by atoms with Crippen LogP contribution in [0.2, 0.25) is 0 Å². The fourth-order valence-corrected chi connectivity index (χ4v) is 2.38. The van der Waals surface area contributed by atoms with Gasteiger partial charge in [0.05, 0.1) is 13.2 Å². The van der Waals surface area contributed by atoms with Crippen LogP contribution in [0, 0.1) is 5.82 Å². The number of aromatic nitrogens is 2. The molecule has 1 fully saturated rings. The Morgan fingerprint density at radius 1 is 1.35 bits per heavy atom. The topological polar surface area (TPSA) is 68.5 Å². The molecule has 7 heteroatoms. The van der Waals surface area contributed by atoms with Gasteiger partial charge in [0.25, 0.3) is 5.91 Å². The van der Waals surface area contributed by atoms with E-state index >= 15 is 0 Å². The van der Waals surface area contributed by atoms with E-state index in [0.29, 0.717) is 37.0 Å². The Balaban J connectivity index is 1.72. The number of nitrogens with zero attached hydrogens (tertiary/aromatic N) is 3. The quantitative estimate of drug-likeness (QED) is 0.869. The largest absolute Gasteiger partial charge is 0.366 e. The number of morpholine rings is 1. The Hall–Kier alpha value is -2.28. The van der Waals surface area contributed by atoms with Crippen molar-refractivity contribution < 1.29 is 18.4 Å². The number of ether oxygens (including phenoxy) is 1. The number of halogens is 1. The molecule has 122 valence electrons. The van der Waals surface area contributed by atoms with E-state index in [9.17, 15) is 9.18 Å². The number of amides is 1. The molecule has 1 aromatic carbocycles. The maximum Gasteiger partial charge on any atom is 0.254 e. The van der Waals surface area contributed by atoms with Gasteiger partial charge in [-0.1, -0.05) is 19.0 Å². The lowest BCUT2D eigenvalue weighted by molar-refractivity contribution is -0.0276. The van der Waals surface area contributed by atoms with Crippen molar-refractivity contribution in [1.82, 2.24) is 15.0 Å². The maximum absolute atomic E-state index is 13.0. The van der Waals surface area contributed by atoms with Crippen molar-refractivity contribution in [2.24, 2.45) is 0 Å². The highest BCUT2D eigenvalue weighted by atomic mass is 19.1. The highest BCUT2D eigenvalue weighted by Crippen LogP contribution is 2.23. The molecule has 23 heavy (non-hydrogen) atoms. The smallest absolute Gasteiger partial charge is 0.254 e. The zero-order chi connectivity index (χ0) is 16.4. The minimum absolute atomic E-state index is 0.136. The van der Waals surface area contributed by atoms with Crippen LogP contribution >= 0.6 is 0 Å². The Morgan fingerprint density at radius 3 is 2.74 bits per heavy atom. The zero-order valence-electron chi connectivity index (χ0n) is 13.0. The van der Waals surface area contributed by atoms with Gasteiger partial charge < -0.3 is 14.2 Å². The molecule has 0 spiro atoms. The van der Waals surface area contributed by atoms with E-state index in [0.717, 1.165) is 0 Å². The Labute approximate surface area is 133 Å². The van der Waals surface area contributed by atoms with Gasteiger partial charge in [0.1, 0.15) is 11.9 Å². The standard InChI is InChI=1S/C16H18FN3O3/c1-10(2)15-18-14(19-23-15)13-9-20(7-8-22-13)16(21)11-3-5-12(17)6-4-11/h3-6,10,13H,7-9H2,1-2H3. The van der Waals surface area contributed by atoms with Crippen LogP contribution in [0.25, 0.3) is 0 Å². The molecule has 1 aliphatic rings. The van der Waals surface area contributed by atoms with Crippen LogP contribution in [-0.4, -0.2) is 40.6 Å². The second-order valence-corrected chi connectivity index (χ2v) is 5.76. The van der Waals surface area contributed by atoms with Crippen LogP contribution in [0.4, 0.5) is 4.39 Å². The lowest BCUT2D eigenvalue weighted by Gasteiger charge is -2.31. The van der Waals surface area contributed by atoms with Gasteiger partial charge in [-0.15, -0.1) is 0 Å². The monoisotopic (exact) mass is 319 g/mol. The third kappa shape index (κ3) is 3.39. The number of rotatable bonds is 3. The molecule has 0 saturated carbocycles. The maximum atomic E-state index is 13.0. The van der Waals surface area contributed by atoms with Gasteiger partial charge in [-0.2, -0.15) is 4.98 Å². The lowest BCUT2D eigenvalue weighted by Crippen LogP contribution is -2.42. The molecular formula is C16H18FN3O3. The Bertz CT molecular complexity index is 684. The van der Waals surface area contributed by atoms with Gasteiger partial charge in [0, 0.05) is 18.0 Å². The molecule has 1 unspecified atom stereocenters. The molecular weight excluding hydrogens is 301 g/mol. The van der Waals surface area contributed by atoms with Crippen LogP contribution in [0.5, 0.6) is 0 Å². The summed E-state index contributed by atoms with van der Waals surface area (Å²) < 4.78 is 23.8. The number of benzene rings is 1. The second-order valence-electron chi connectivity index (χ2n) is 5.76. The minimum atomic E-state index is -0.413. The van der Waals surface area contributed by atoms with Crippen molar-refractivity contribution in [2.75, 3.05) is 19.7 Å². The van der Waals surface area contributed by atoms with E-state index in [1.54, 1.807) is 4.90 Å². The molecule has 0 aliphatic carbocycles. The molecule has 0 N–H and O–H groups in total. The molecule has 1 aromatic heterocycles. The summed E-state index contributed by atoms with van der Waals surface area (Å²) in [4.78, 5) is 18.5. The molecule has 0 radical (unpaired) electrons. The highest BCUT2D eigenvalue weighted by molar-refractivity contribution is 5.94. The van der Waals surface area contributed by atoms with Crippen LogP contribution in [-0.2, 0) is 4.74 Å². The van der Waals surface area contributed by atoms with Gasteiger partial charge in [-0.05, 0) is 24.3 Å². The normalized spacial score (nSPS) is 18.4. The first-order valence-electron chi connectivity index (χ1n) is 7.54. The predicted octanol–water partition coefficient (Wildman–Crippen LogP) is 2.55. The van der Waals surface area contributed by atoms with Crippen LogP contribution in [0.1, 0.15) is 47.9 Å². The van der Waals surface area contributed by atoms with Gasteiger partial charge in [-0.25, -0.2) is 4.39 Å². The third-order valence-corrected chi connectivity index (χ3v) is 3.68. The van der Waals surface area contributed by atoms with Crippen molar-refractivity contribution in [3.8, 4) is 0 Å². The van der Waals surface area contributed by atoms with Crippen molar-refractivity contribution in [2.45, 2.75) is 25.9 Å². The number of carbonyl (C=O) groups is 1. The summed E-state index contributed by atoms with van der Waals surface area (Å²) in [5.41, 5.74) is 0.447. The molecule has 2 aromatic rings. The number of carbonyl (C=O) groups excluding carboxylic acids is 1. The Kier molecular flexibility index (Phi) is 4.38. The van der Waals surface area contributed by atoms with Crippen LogP contribution < -0.4 is 0 Å². The van der Waals surface area contributed by atoms with Gasteiger partial charge in [0.15, 0.2) is 0 Å². The summed E-state index contributed by atoms with van der Waals surface area (Å²) in [6, 6.07) is 5.51. The van der Waals surface area contributed by atoms with Gasteiger partial charge in [-0.3, -0.25) is 4.79 Å². The highest BCUT2D eigenvalue weighted by Gasteiger charge is 2.29. The molecule has 3 rings (SSSR count). The first-order chi connectivity index (χ1) is 11.0. The minimum Gasteiger partial charge on any atom is -0.366 e. The van der Waals surface area contributed by atoms with E-state index in [1.165, 1.54) is 24.3 Å². The summed E-state index contributed by atoms with van der Waals surface area (Å²) in [6.45, 7) is 5.13. The molecule has 1 amide bonds. The molecule has 1 aliphatic heterocycles. The Morgan fingerprint density at radius 2 is 2.09 bits per heavy atom. The average molecular weight is 319 g/mol. The third-order valence-electron chi connectivity index (χ3n) is 3.68. The van der Waals surface area contributed by atoms with Crippen molar-refractivity contribution in [1.29, 1.82) is 0 Å². The summed E-state index contributed by atoms with van der Waals surface area (Å²) >= 11 is 0. The second kappa shape index (κ2) is 6.45. The fourth-order valence-electron chi connectivity index (χ4n) is 2.38. The average Bonchev–Trinajstić information content (AvgIpc) is 3.05. The van der Waals surface area contributed by atoms with Crippen molar-refractivity contribution in [3.63, 3.8) is 0 Å². The van der Waals surface area contributed by atoms with E-state index in [2.05, 4.69) is 10.1 Å². The summed E-state index contributed by atoms with van der Waals surface area (Å²) in [5, 5.41) is 3.94. The number of hydrogen-bond donors (Lipinski definition) is 0. The summed E-state index contributed by atoms with van der Waals surface area (Å²) in [5.74, 6) is 0.605. The van der Waals surface area contributed by atoms with Gasteiger partial charge in [0.2, 0.25) is 11.7 Å². The van der Waals surface area contributed by atoms with Gasteiger partial charge >= 0.3 is 0 Å². The summed E-state index contributed by atoms with van der Waals surface area (Å²) in [7, 11) is 0. The SMILES string of the molecule is CC(C)c1nc(C2CN(C(=O)c3ccc(F)cc3)CCO2)no1.